The first kappa shape index (κ1) is 43.3. The van der Waals surface area contributed by atoms with E-state index in [2.05, 4.69) is 22.1 Å². The quantitative estimate of drug-likeness (QED) is 0.145. The number of aliphatic imine (C=N–C) groups is 1. The van der Waals surface area contributed by atoms with Gasteiger partial charge in [0.2, 0.25) is 5.91 Å². The Bertz CT molecular complexity index is 1410. The van der Waals surface area contributed by atoms with Gasteiger partial charge in [-0.2, -0.15) is 26.3 Å². The van der Waals surface area contributed by atoms with Gasteiger partial charge in [0.15, 0.2) is 23.3 Å². The number of ketones is 1. The standard InChI is InChI=1S/C28H37FN4O3.2C2HF3O2/c1-3-33-15-13-22(14-16-33)19-27(35)32-28(30)31-24(17-20-7-5-4-6-8-20)25(34)12-10-21-9-11-23(29)26(18-21)36-2;2*3-2(4,5)1(6)7/h4-9,11,18,22,24H,3,10,12-17,19H2,1-2H3,(H3,30,31,32,35);2*(H,6,7)/t24-;;/m1../s1. The van der Waals surface area contributed by atoms with E-state index >= 15 is 0 Å². The number of aliphatic carboxylic acids is 2. The SMILES string of the molecule is CCN1CCC(CC(=O)NC(N)=N[C@H](Cc2ccccc2)C(=O)CCc2ccc(F)c(OC)c2)CC1.O=C(O)C(F)(F)F.O=C(O)C(F)(F)F. The largest absolute Gasteiger partial charge is 0.494 e. The molecule has 1 atom stereocenters. The van der Waals surface area contributed by atoms with Gasteiger partial charge < -0.3 is 25.6 Å². The summed E-state index contributed by atoms with van der Waals surface area (Å²) in [5.74, 6) is -5.80. The molecule has 278 valence electrons. The number of nitrogens with two attached hydrogens (primary N) is 1. The third kappa shape index (κ3) is 17.1. The molecule has 1 fully saturated rings. The minimum absolute atomic E-state index is 0.0382. The molecule has 5 N–H and O–H groups in total. The van der Waals surface area contributed by atoms with Crippen molar-refractivity contribution in [1.29, 1.82) is 0 Å². The molecule has 1 amide bonds. The van der Waals surface area contributed by atoms with Gasteiger partial charge in [-0.3, -0.25) is 14.9 Å². The smallest absolute Gasteiger partial charge is 0.490 e. The highest BCUT2D eigenvalue weighted by molar-refractivity contribution is 5.97. The van der Waals surface area contributed by atoms with Gasteiger partial charge in [0, 0.05) is 19.3 Å². The number of hydrogen-bond donors (Lipinski definition) is 4. The molecule has 11 nitrogen and oxygen atoms in total. The van der Waals surface area contributed by atoms with Crippen LogP contribution in [0.1, 0.15) is 43.7 Å². The van der Waals surface area contributed by atoms with Crippen LogP contribution in [0.2, 0.25) is 0 Å². The number of carboxylic acids is 2. The third-order valence-corrected chi connectivity index (χ3v) is 7.19. The van der Waals surface area contributed by atoms with Crippen LogP contribution in [0.25, 0.3) is 0 Å². The Morgan fingerprint density at radius 1 is 0.960 bits per heavy atom. The Morgan fingerprint density at radius 2 is 1.50 bits per heavy atom. The molecule has 2 aromatic carbocycles. The number of hydrogen-bond acceptors (Lipinski definition) is 7. The molecule has 1 heterocycles. The zero-order chi connectivity index (χ0) is 38.1. The maximum Gasteiger partial charge on any atom is 0.490 e. The fourth-order valence-electron chi connectivity index (χ4n) is 4.53. The lowest BCUT2D eigenvalue weighted by Gasteiger charge is -2.30. The van der Waals surface area contributed by atoms with E-state index in [1.165, 1.54) is 13.2 Å². The zero-order valence-corrected chi connectivity index (χ0v) is 27.2. The van der Waals surface area contributed by atoms with Crippen LogP contribution in [-0.4, -0.2) is 89.8 Å². The summed E-state index contributed by atoms with van der Waals surface area (Å²) in [6.07, 6.45) is -6.80. The number of carbonyl (C=O) groups is 4. The van der Waals surface area contributed by atoms with Gasteiger partial charge in [0.05, 0.1) is 7.11 Å². The van der Waals surface area contributed by atoms with Crippen molar-refractivity contribution in [3.8, 4) is 5.75 Å². The number of carbonyl (C=O) groups excluding carboxylic acids is 2. The zero-order valence-electron chi connectivity index (χ0n) is 27.2. The second-order valence-corrected chi connectivity index (χ2v) is 10.9. The van der Waals surface area contributed by atoms with Gasteiger partial charge in [-0.1, -0.05) is 43.3 Å². The summed E-state index contributed by atoms with van der Waals surface area (Å²) in [5, 5.41) is 16.9. The highest BCUT2D eigenvalue weighted by atomic mass is 19.4. The summed E-state index contributed by atoms with van der Waals surface area (Å²) in [4.78, 5) is 50.3. The number of methoxy groups -OCH3 is 1. The summed E-state index contributed by atoms with van der Waals surface area (Å²) in [7, 11) is 1.41. The lowest BCUT2D eigenvalue weighted by Crippen LogP contribution is -2.41. The number of nitrogens with zero attached hydrogens (tertiary/aromatic N) is 2. The van der Waals surface area contributed by atoms with Crippen LogP contribution in [-0.2, 0) is 32.0 Å². The van der Waals surface area contributed by atoms with Crippen molar-refractivity contribution in [1.82, 2.24) is 10.2 Å². The average Bonchev–Trinajstić information content (AvgIpc) is 3.04. The first-order valence-electron chi connectivity index (χ1n) is 15.1. The number of guanidine groups is 1. The summed E-state index contributed by atoms with van der Waals surface area (Å²) >= 11 is 0. The number of Topliss-reactive ketones (excluding diaryl/α,β-unsaturated/α-hetero) is 1. The highest BCUT2D eigenvalue weighted by Gasteiger charge is 2.39. The second kappa shape index (κ2) is 20.7. The molecule has 1 saturated heterocycles. The van der Waals surface area contributed by atoms with Gasteiger partial charge in [0.1, 0.15) is 6.04 Å². The van der Waals surface area contributed by atoms with Gasteiger partial charge in [-0.05, 0) is 68.1 Å². The van der Waals surface area contributed by atoms with Crippen molar-refractivity contribution in [2.75, 3.05) is 26.7 Å². The van der Waals surface area contributed by atoms with E-state index < -0.39 is 36.2 Å². The Hall–Kier alpha value is -4.74. The molecule has 0 saturated carbocycles. The molecule has 3 rings (SSSR count). The van der Waals surface area contributed by atoms with Crippen molar-refractivity contribution >= 4 is 29.6 Å². The highest BCUT2D eigenvalue weighted by Crippen LogP contribution is 2.21. The number of amides is 1. The Balaban J connectivity index is 0.000000748. The minimum atomic E-state index is -5.08. The molecule has 0 aromatic heterocycles. The van der Waals surface area contributed by atoms with Crippen molar-refractivity contribution in [2.45, 2.75) is 63.8 Å². The predicted octanol–water partition coefficient (Wildman–Crippen LogP) is 4.77. The average molecular weight is 725 g/mol. The lowest BCUT2D eigenvalue weighted by atomic mass is 9.93. The second-order valence-electron chi connectivity index (χ2n) is 10.9. The molecule has 18 heteroatoms. The molecule has 2 aromatic rings. The number of ether oxygens (including phenoxy) is 1. The Kier molecular flexibility index (Phi) is 17.9. The van der Waals surface area contributed by atoms with E-state index in [0.717, 1.165) is 43.6 Å². The normalized spacial score (nSPS) is 14.6. The van der Waals surface area contributed by atoms with Crippen molar-refractivity contribution in [3.63, 3.8) is 0 Å². The van der Waals surface area contributed by atoms with Gasteiger partial charge in [-0.15, -0.1) is 0 Å². The molecule has 1 aliphatic rings. The van der Waals surface area contributed by atoms with Crippen molar-refractivity contribution in [2.24, 2.45) is 16.6 Å². The van der Waals surface area contributed by atoms with Crippen molar-refractivity contribution < 1.29 is 64.9 Å². The van der Waals surface area contributed by atoms with E-state index in [1.807, 2.05) is 30.3 Å². The fourth-order valence-corrected chi connectivity index (χ4v) is 4.53. The summed E-state index contributed by atoms with van der Waals surface area (Å²) in [6.45, 7) is 5.19. The first-order chi connectivity index (χ1) is 23.3. The predicted molar refractivity (Wildman–Crippen MR) is 167 cm³/mol. The molecule has 50 heavy (non-hydrogen) atoms. The number of rotatable bonds is 11. The maximum atomic E-state index is 13.7. The van der Waals surface area contributed by atoms with E-state index in [0.29, 0.717) is 25.2 Å². The number of nitrogens with one attached hydrogen (secondary N) is 1. The topological polar surface area (TPSA) is 172 Å². The number of piperidine rings is 1. The monoisotopic (exact) mass is 724 g/mol. The molecule has 1 aliphatic heterocycles. The minimum Gasteiger partial charge on any atom is -0.494 e. The molecule has 0 aliphatic carbocycles. The fraction of sp³-hybridized carbons (Fsp3) is 0.469. The van der Waals surface area contributed by atoms with Crippen LogP contribution in [0, 0.1) is 11.7 Å². The number of likely N-dealkylation sites (tertiary alicyclic amines) is 1. The van der Waals surface area contributed by atoms with Gasteiger partial charge in [0.25, 0.3) is 0 Å². The van der Waals surface area contributed by atoms with Crippen molar-refractivity contribution in [3.05, 3.63) is 65.5 Å². The van der Waals surface area contributed by atoms with E-state index in [4.69, 9.17) is 30.3 Å². The van der Waals surface area contributed by atoms with Gasteiger partial charge >= 0.3 is 24.3 Å². The van der Waals surface area contributed by atoms with Crippen LogP contribution in [0.5, 0.6) is 5.75 Å². The summed E-state index contributed by atoms with van der Waals surface area (Å²) < 4.78 is 82.2. The molecule has 0 bridgehead atoms. The Labute approximate surface area is 283 Å². The first-order valence-corrected chi connectivity index (χ1v) is 15.1. The van der Waals surface area contributed by atoms with Crippen LogP contribution >= 0.6 is 0 Å². The van der Waals surface area contributed by atoms with E-state index in [1.54, 1.807) is 12.1 Å². The number of aryl methyl sites for hydroxylation is 1. The van der Waals surface area contributed by atoms with Gasteiger partial charge in [-0.25, -0.2) is 19.0 Å². The Morgan fingerprint density at radius 3 is 1.98 bits per heavy atom. The molecule has 0 unspecified atom stereocenters. The maximum absolute atomic E-state index is 13.7. The number of benzene rings is 2. The van der Waals surface area contributed by atoms with Crippen LogP contribution in [0.15, 0.2) is 53.5 Å². The van der Waals surface area contributed by atoms with E-state index in [-0.39, 0.29) is 29.8 Å². The molecular weight excluding hydrogens is 685 g/mol. The molecular formula is C32H39F7N4O7. The third-order valence-electron chi connectivity index (χ3n) is 7.19. The van der Waals surface area contributed by atoms with E-state index in [9.17, 15) is 40.3 Å². The van der Waals surface area contributed by atoms with Crippen LogP contribution < -0.4 is 15.8 Å². The van der Waals surface area contributed by atoms with Crippen LogP contribution in [0.3, 0.4) is 0 Å². The number of halogens is 7. The number of carboxylic acid groups (broad SMARTS) is 2. The summed E-state index contributed by atoms with van der Waals surface area (Å²) in [6, 6.07) is 13.4. The lowest BCUT2D eigenvalue weighted by molar-refractivity contribution is -0.193. The summed E-state index contributed by atoms with van der Waals surface area (Å²) in [5.41, 5.74) is 7.82. The molecule has 0 spiro atoms. The van der Waals surface area contributed by atoms with Crippen LogP contribution in [0.4, 0.5) is 30.7 Å². The number of alkyl halides is 6. The molecule has 0 radical (unpaired) electrons.